The minimum atomic E-state index is -5.02. The van der Waals surface area contributed by atoms with Crippen molar-refractivity contribution in [3.8, 4) is 0 Å². The Kier molecular flexibility index (Phi) is 16.4. The number of thiophene rings is 4. The van der Waals surface area contributed by atoms with Crippen molar-refractivity contribution in [2.45, 2.75) is 157 Å². The van der Waals surface area contributed by atoms with Crippen LogP contribution >= 0.6 is 45.3 Å². The van der Waals surface area contributed by atoms with E-state index in [0.29, 0.717) is 51.3 Å². The van der Waals surface area contributed by atoms with E-state index in [1.807, 2.05) is 10.0 Å². The van der Waals surface area contributed by atoms with Crippen LogP contribution in [-0.4, -0.2) is 101 Å². The van der Waals surface area contributed by atoms with Crippen molar-refractivity contribution in [3.05, 3.63) is 225 Å². The molecule has 0 aliphatic heterocycles. The Bertz CT molecular complexity index is 8260. The third-order valence-electron chi connectivity index (χ3n) is 15.9. The Morgan fingerprint density at radius 3 is 0.875 bits per heavy atom. The van der Waals surface area contributed by atoms with Crippen molar-refractivity contribution < 1.29 is 141 Å². The van der Waals surface area contributed by atoms with Gasteiger partial charge in [-0.2, -0.15) is 0 Å². The molecule has 0 aliphatic carbocycles. The molecular formula is C80H84N12O20S8. The largest absolute Gasteiger partial charge is 0.337 e. The lowest BCUT2D eigenvalue weighted by atomic mass is 10.0. The number of sulfonamides is 4. The monoisotopic (exact) mass is 1830 g/mol. The molecule has 0 saturated carbocycles. The molecule has 8 N–H and O–H groups in total. The Labute approximate surface area is 759 Å². The van der Waals surface area contributed by atoms with E-state index in [9.17, 15) is 72.0 Å². The lowest BCUT2D eigenvalue weighted by molar-refractivity contribution is 0.100. The number of rotatable bonds is 24. The van der Waals surface area contributed by atoms with Crippen LogP contribution in [0, 0.1) is 110 Å². The third-order valence-corrected chi connectivity index (χ3v) is 25.6. The van der Waals surface area contributed by atoms with Gasteiger partial charge in [0, 0.05) is 85.6 Å². The number of amides is 4. The van der Waals surface area contributed by atoms with Crippen LogP contribution in [0.5, 0.6) is 0 Å². The van der Waals surface area contributed by atoms with Gasteiger partial charge in [-0.1, -0.05) is 44.8 Å². The second-order valence-corrected chi connectivity index (χ2v) is 34.8. The Hall–Kier alpha value is -11.9. The van der Waals surface area contributed by atoms with Gasteiger partial charge in [-0.3, -0.25) is 38.4 Å². The minimum Gasteiger partial charge on any atom is -0.337 e. The Morgan fingerprint density at radius 2 is 0.592 bits per heavy atom. The summed E-state index contributed by atoms with van der Waals surface area (Å²) in [7, 11) is -18.4. The predicted octanol–water partition coefficient (Wildman–Crippen LogP) is 16.9. The van der Waals surface area contributed by atoms with Crippen LogP contribution in [0.15, 0.2) is 132 Å². The van der Waals surface area contributed by atoms with Crippen molar-refractivity contribution in [3.63, 3.8) is 0 Å². The number of ketones is 4. The molecule has 32 nitrogen and oxygen atoms in total. The van der Waals surface area contributed by atoms with Crippen molar-refractivity contribution in [2.75, 3.05) is 40.2 Å². The first-order chi connectivity index (χ1) is 71.1. The molecule has 0 fully saturated rings. The van der Waals surface area contributed by atoms with Gasteiger partial charge in [-0.25, -0.2) is 52.6 Å². The molecule has 0 radical (unpaired) electrons. The van der Waals surface area contributed by atoms with E-state index in [0.717, 1.165) is 34.9 Å². The topological polar surface area (TPSA) is 473 Å². The molecule has 120 heavy (non-hydrogen) atoms. The molecule has 4 aromatic carbocycles. The lowest BCUT2D eigenvalue weighted by Crippen LogP contribution is -2.20. The Morgan fingerprint density at radius 1 is 0.325 bits per heavy atom. The molecule has 40 heteroatoms. The molecule has 0 unspecified atom stereocenters. The number of nitrogens with zero attached hydrogens (tertiary/aromatic N) is 4. The summed E-state index contributed by atoms with van der Waals surface area (Å²) >= 11 is 2.62. The molecule has 0 saturated heterocycles. The summed E-state index contributed by atoms with van der Waals surface area (Å²) in [5, 5.41) is 27.6. The summed E-state index contributed by atoms with van der Waals surface area (Å²) in [5.74, 6) is -12.9. The number of aromatic nitrogens is 4. The molecule has 0 atom stereocenters. The highest BCUT2D eigenvalue weighted by Gasteiger charge is 2.33. The first-order valence-electron chi connectivity index (χ1n) is 51.4. The highest BCUT2D eigenvalue weighted by atomic mass is 32.2. The maximum Gasteiger partial charge on any atom is 0.267 e. The SMILES string of the molecule is [2H]c1c(C([2H])([2H])[2H])cc(C(=O)C([2H])([2H])[2H])c(NC(=O)c2sccc2S(=O)(=O)Nc2onc(C([2H])([2H])[2H])c2C([2H])([2H])[2H])c1C([2H])([2H])[2H].[2H]c1c(C)c([2H])c(C(=O)C([2H])([2H])[2H])c(NC(=O)c2sccc2S(=O)(=O)Nc2onc(C([2H])([2H])[2H])c2C)c1C.[2H]c1c(C)c([2H])c(C(=O)C([2H])([2H])[2H])c(NC(=O)c2sccc2S(=O)(=O)Nc2onc(C)c2C([2H])([2H])[2H])c1C.[2H]c1c(C)c([2H])c(C(=O)C([2H])([2H])[2H])c(NC(=O)c2sccc2S(=O)(=O)Nc2onc(C)c2C)c1C. The van der Waals surface area contributed by atoms with Crippen molar-refractivity contribution in [2.24, 2.45) is 0 Å². The molecular weight excluding hydrogens is 1710 g/mol. The van der Waals surface area contributed by atoms with Crippen LogP contribution in [0.2, 0.25) is 0 Å². The van der Waals surface area contributed by atoms with Crippen LogP contribution < -0.4 is 40.2 Å². The number of hydrogen-bond donors (Lipinski definition) is 8. The van der Waals surface area contributed by atoms with Crippen LogP contribution in [0.25, 0.3) is 0 Å². The second-order valence-electron chi connectivity index (χ2n) is 24.5. The zero-order chi connectivity index (χ0) is 120. The van der Waals surface area contributed by atoms with E-state index in [1.165, 1.54) is 77.6 Å². The second kappa shape index (κ2) is 37.2. The quantitative estimate of drug-likeness (QED) is 0.0260. The molecule has 0 bridgehead atoms. The number of hydrogen-bond acceptors (Lipinski definition) is 28. The third kappa shape index (κ3) is 21.0. The van der Waals surface area contributed by atoms with Crippen LogP contribution in [0.1, 0.15) is 248 Å². The summed E-state index contributed by atoms with van der Waals surface area (Å²) in [6, 6.07) is 1.26. The molecule has 632 valence electrons. The van der Waals surface area contributed by atoms with Crippen molar-refractivity contribution in [1.82, 2.24) is 20.6 Å². The highest BCUT2D eigenvalue weighted by molar-refractivity contribution is 7.94. The standard InChI is InChI=1S/4C20H21N3O5S2/c4*1-10-8-11(2)17(15(9-10)14(5)24)21-19(25)18-16(6-7-29-18)30(26,27)23-20-12(3)13(4)22-28-20/h4*6-9,23H,1-5H3,(H,21,25)/i1D3,2D3,3D3,4D3,5D3,8D;4D3,5D3,8D,9D;3D3,5D3,8D,9D;5D3,8D,9D. The zero-order valence-electron chi connectivity index (χ0n) is 99.9. The van der Waals surface area contributed by atoms with E-state index in [2.05, 4.69) is 50.5 Å². The smallest absolute Gasteiger partial charge is 0.267 e. The number of benzene rings is 4. The first-order valence-corrected chi connectivity index (χ1v) is 42.3. The highest BCUT2D eigenvalue weighted by Crippen LogP contribution is 2.36. The fourth-order valence-corrected chi connectivity index (χ4v) is 19.5. The van der Waals surface area contributed by atoms with Crippen LogP contribution in [0.3, 0.4) is 0 Å². The summed E-state index contributed by atoms with van der Waals surface area (Å²) < 4.78 is 417. The van der Waals surface area contributed by atoms with Gasteiger partial charge in [-0.15, -0.1) is 45.3 Å². The summed E-state index contributed by atoms with van der Waals surface area (Å²) in [6.07, 6.45) is 0. The van der Waals surface area contributed by atoms with Gasteiger partial charge in [0.05, 0.1) is 55.1 Å². The van der Waals surface area contributed by atoms with Gasteiger partial charge in [0.1, 0.15) is 39.1 Å². The van der Waals surface area contributed by atoms with Gasteiger partial charge in [0.25, 0.3) is 63.7 Å². The van der Waals surface area contributed by atoms with Gasteiger partial charge in [0.2, 0.25) is 23.5 Å². The van der Waals surface area contributed by atoms with Crippen LogP contribution in [-0.2, 0) is 40.1 Å². The summed E-state index contributed by atoms with van der Waals surface area (Å²) in [5.41, 5.74) is -9.50. The van der Waals surface area contributed by atoms with Gasteiger partial charge < -0.3 is 39.4 Å². The summed E-state index contributed by atoms with van der Waals surface area (Å²) in [6.45, 7) is -17.3. The number of nitrogens with one attached hydrogen (secondary N) is 8. The molecule has 12 rings (SSSR count). The van der Waals surface area contributed by atoms with E-state index >= 15 is 0 Å². The fourth-order valence-electron chi connectivity index (χ4n) is 10.1. The number of carbonyl (C=O) groups excluding carboxylic acids is 8. The van der Waals surface area contributed by atoms with E-state index in [-0.39, 0.29) is 89.0 Å². The number of aryl methyl sites for hydroxylation is 5. The number of Topliss-reactive ketones (excluding diaryl/α,β-unsaturated/α-hetero) is 4. The number of anilines is 8. The molecule has 0 aliphatic rings. The fraction of sp³-hybridized carbons (Fsp3) is 0.250. The van der Waals surface area contributed by atoms with E-state index < -0.39 is 295 Å². The lowest BCUT2D eigenvalue weighted by Gasteiger charge is -2.14. The maximum atomic E-state index is 13.5. The molecule has 4 amide bonds. The molecule has 8 heterocycles. The van der Waals surface area contributed by atoms with Crippen molar-refractivity contribution >= 4 is 178 Å². The zero-order valence-corrected chi connectivity index (χ0v) is 69.4. The van der Waals surface area contributed by atoms with Gasteiger partial charge in [-0.05, 0) is 252 Å². The van der Waals surface area contributed by atoms with Gasteiger partial charge in [0.15, 0.2) is 23.1 Å². The van der Waals surface area contributed by atoms with Crippen LogP contribution in [0.4, 0.5) is 46.3 Å². The van der Waals surface area contributed by atoms with E-state index in [1.54, 1.807) is 18.6 Å². The van der Waals surface area contributed by atoms with E-state index in [4.69, 9.17) is 64.3 Å². The predicted molar refractivity (Wildman–Crippen MR) is 460 cm³/mol. The Balaban J connectivity index is 0.000000232. The average Bonchev–Trinajstić information content (AvgIpc) is 0.961. The first kappa shape index (κ1) is 52.9. The number of carbonyl (C=O) groups is 8. The van der Waals surface area contributed by atoms with Crippen molar-refractivity contribution in [1.29, 1.82) is 0 Å². The maximum absolute atomic E-state index is 13.5. The molecule has 12 aromatic rings. The molecule has 0 spiro atoms. The minimum absolute atomic E-state index is 0.00186. The molecule has 8 aromatic heterocycles. The van der Waals surface area contributed by atoms with Gasteiger partial charge >= 0.3 is 0 Å². The normalized spacial score (nSPS) is 16.9. The average molecular weight is 1830 g/mol. The summed E-state index contributed by atoms with van der Waals surface area (Å²) in [4.78, 5) is 99.7.